The molecule has 0 spiro atoms. The van der Waals surface area contributed by atoms with Crippen LogP contribution >= 0.6 is 0 Å². The maximum Gasteiger partial charge on any atom is 0.327 e. The number of carbonyl (C=O) groups excluding carboxylic acids is 1. The van der Waals surface area contributed by atoms with Gasteiger partial charge in [0.15, 0.2) is 11.5 Å². The lowest BCUT2D eigenvalue weighted by Gasteiger charge is -2.35. The first kappa shape index (κ1) is 20.9. The van der Waals surface area contributed by atoms with Gasteiger partial charge in [-0.15, -0.1) is 0 Å². The topological polar surface area (TPSA) is 89.7 Å². The van der Waals surface area contributed by atoms with E-state index in [1.807, 2.05) is 30.3 Å². The zero-order chi connectivity index (χ0) is 23.9. The van der Waals surface area contributed by atoms with E-state index in [-0.39, 0.29) is 18.7 Å². The summed E-state index contributed by atoms with van der Waals surface area (Å²) in [5.74, 6) is 1.37. The molecule has 9 heteroatoms. The van der Waals surface area contributed by atoms with Crippen molar-refractivity contribution in [3.05, 3.63) is 95.8 Å². The minimum atomic E-state index is -0.701. The van der Waals surface area contributed by atoms with Crippen LogP contribution in [0.25, 0.3) is 17.0 Å². The molecule has 1 unspecified atom stereocenters. The standard InChI is InChI=1S/C26H19FN4O4/c1-15-22(25-29-24(30-35-25)16-6-3-2-4-7-16)23(17-8-5-9-18(27)12-17)28-26(32)31(15)19-10-11-20-21(13-19)34-14-33-20/h2-13,23H,14H2,1H3,(H,28,32). The minimum absolute atomic E-state index is 0.122. The Kier molecular flexibility index (Phi) is 4.95. The molecule has 6 rings (SSSR count). The van der Waals surface area contributed by atoms with E-state index in [0.29, 0.717) is 39.8 Å². The molecule has 1 N–H and O–H groups in total. The van der Waals surface area contributed by atoms with Crippen LogP contribution in [-0.4, -0.2) is 23.0 Å². The number of halogens is 1. The molecule has 2 aliphatic rings. The zero-order valence-corrected chi connectivity index (χ0v) is 18.6. The lowest BCUT2D eigenvalue weighted by atomic mass is 9.94. The van der Waals surface area contributed by atoms with E-state index >= 15 is 0 Å². The van der Waals surface area contributed by atoms with Crippen molar-refractivity contribution < 1.29 is 23.2 Å². The molecule has 35 heavy (non-hydrogen) atoms. The molecule has 3 heterocycles. The first-order valence-corrected chi connectivity index (χ1v) is 10.9. The van der Waals surface area contributed by atoms with Crippen molar-refractivity contribution in [2.75, 3.05) is 11.7 Å². The molecule has 2 aliphatic heterocycles. The molecule has 0 radical (unpaired) electrons. The van der Waals surface area contributed by atoms with Gasteiger partial charge in [-0.1, -0.05) is 47.6 Å². The summed E-state index contributed by atoms with van der Waals surface area (Å²) in [6, 6.07) is 19.6. The summed E-state index contributed by atoms with van der Waals surface area (Å²) >= 11 is 0. The Morgan fingerprint density at radius 2 is 1.83 bits per heavy atom. The zero-order valence-electron chi connectivity index (χ0n) is 18.6. The van der Waals surface area contributed by atoms with E-state index in [9.17, 15) is 9.18 Å². The van der Waals surface area contributed by atoms with Crippen LogP contribution in [0.4, 0.5) is 14.9 Å². The molecule has 0 bridgehead atoms. The maximum atomic E-state index is 14.1. The van der Waals surface area contributed by atoms with Gasteiger partial charge in [0.05, 0.1) is 17.3 Å². The number of rotatable bonds is 4. The third kappa shape index (κ3) is 3.67. The number of aromatic nitrogens is 2. The molecule has 0 fully saturated rings. The number of nitrogens with zero attached hydrogens (tertiary/aromatic N) is 3. The van der Waals surface area contributed by atoms with E-state index in [2.05, 4.69) is 15.5 Å². The minimum Gasteiger partial charge on any atom is -0.454 e. The second kappa shape index (κ2) is 8.28. The summed E-state index contributed by atoms with van der Waals surface area (Å²) in [7, 11) is 0. The first-order chi connectivity index (χ1) is 17.1. The first-order valence-electron chi connectivity index (χ1n) is 10.9. The van der Waals surface area contributed by atoms with Gasteiger partial charge < -0.3 is 19.3 Å². The van der Waals surface area contributed by atoms with Gasteiger partial charge >= 0.3 is 6.03 Å². The Morgan fingerprint density at radius 3 is 2.66 bits per heavy atom. The van der Waals surface area contributed by atoms with Crippen LogP contribution in [0, 0.1) is 5.82 Å². The van der Waals surface area contributed by atoms with Crippen LogP contribution in [-0.2, 0) is 0 Å². The number of hydrogen-bond donors (Lipinski definition) is 1. The molecular weight excluding hydrogens is 451 g/mol. The highest BCUT2D eigenvalue weighted by Gasteiger charge is 2.37. The molecular formula is C26H19FN4O4. The number of nitrogens with one attached hydrogen (secondary N) is 1. The number of ether oxygens (including phenoxy) is 2. The summed E-state index contributed by atoms with van der Waals surface area (Å²) in [6.07, 6.45) is 0. The van der Waals surface area contributed by atoms with Crippen molar-refractivity contribution in [1.29, 1.82) is 0 Å². The Hall–Kier alpha value is -4.66. The number of carbonyl (C=O) groups is 1. The predicted octanol–water partition coefficient (Wildman–Crippen LogP) is 5.31. The third-order valence-electron chi connectivity index (χ3n) is 5.97. The summed E-state index contributed by atoms with van der Waals surface area (Å²) in [6.45, 7) is 1.91. The van der Waals surface area contributed by atoms with Crippen molar-refractivity contribution in [3.8, 4) is 22.9 Å². The monoisotopic (exact) mass is 470 g/mol. The Labute approximate surface area is 199 Å². The summed E-state index contributed by atoms with van der Waals surface area (Å²) < 4.78 is 30.7. The lowest BCUT2D eigenvalue weighted by molar-refractivity contribution is 0.174. The number of urea groups is 1. The van der Waals surface area contributed by atoms with Crippen LogP contribution in [0.1, 0.15) is 24.4 Å². The fourth-order valence-electron chi connectivity index (χ4n) is 4.33. The van der Waals surface area contributed by atoms with Crippen molar-refractivity contribution >= 4 is 17.3 Å². The van der Waals surface area contributed by atoms with Crippen molar-refractivity contribution in [2.45, 2.75) is 13.0 Å². The van der Waals surface area contributed by atoms with Crippen LogP contribution < -0.4 is 19.7 Å². The van der Waals surface area contributed by atoms with Gasteiger partial charge in [0.1, 0.15) is 5.82 Å². The molecule has 0 saturated heterocycles. The summed E-state index contributed by atoms with van der Waals surface area (Å²) in [4.78, 5) is 19.4. The second-order valence-corrected chi connectivity index (χ2v) is 8.10. The smallest absolute Gasteiger partial charge is 0.327 e. The van der Waals surface area contributed by atoms with Crippen LogP contribution in [0.3, 0.4) is 0 Å². The quantitative estimate of drug-likeness (QED) is 0.435. The molecule has 174 valence electrons. The summed E-state index contributed by atoms with van der Waals surface area (Å²) in [5, 5.41) is 7.11. The normalized spacial score (nSPS) is 17.0. The molecule has 0 saturated carbocycles. The predicted molar refractivity (Wildman–Crippen MR) is 125 cm³/mol. The van der Waals surface area contributed by atoms with Gasteiger partial charge in [0.2, 0.25) is 12.6 Å². The van der Waals surface area contributed by atoms with E-state index in [0.717, 1.165) is 5.56 Å². The molecule has 1 aromatic heterocycles. The molecule has 1 atom stereocenters. The molecule has 0 aliphatic carbocycles. The van der Waals surface area contributed by atoms with Crippen molar-refractivity contribution in [1.82, 2.24) is 15.5 Å². The fraction of sp³-hybridized carbons (Fsp3) is 0.115. The van der Waals surface area contributed by atoms with Gasteiger partial charge in [-0.2, -0.15) is 4.98 Å². The summed E-state index contributed by atoms with van der Waals surface area (Å²) in [5.41, 5.74) is 3.03. The average molecular weight is 470 g/mol. The van der Waals surface area contributed by atoms with Gasteiger partial charge in [0, 0.05) is 17.3 Å². The maximum absolute atomic E-state index is 14.1. The second-order valence-electron chi connectivity index (χ2n) is 8.10. The van der Waals surface area contributed by atoms with E-state index in [1.54, 1.807) is 37.3 Å². The molecule has 3 aromatic carbocycles. The number of fused-ring (bicyclic) bond motifs is 1. The van der Waals surface area contributed by atoms with Gasteiger partial charge in [-0.05, 0) is 36.8 Å². The van der Waals surface area contributed by atoms with Crippen molar-refractivity contribution in [2.24, 2.45) is 0 Å². The van der Waals surface area contributed by atoms with Crippen LogP contribution in [0.5, 0.6) is 11.5 Å². The highest BCUT2D eigenvalue weighted by molar-refractivity contribution is 6.01. The fourth-order valence-corrected chi connectivity index (χ4v) is 4.33. The Morgan fingerprint density at radius 1 is 1.00 bits per heavy atom. The average Bonchev–Trinajstić information content (AvgIpc) is 3.54. The molecule has 2 amide bonds. The third-order valence-corrected chi connectivity index (χ3v) is 5.97. The number of hydrogen-bond acceptors (Lipinski definition) is 6. The SMILES string of the molecule is CC1=C(c2nc(-c3ccccc3)no2)C(c2cccc(F)c2)NC(=O)N1c1ccc2c(c1)OCO2. The number of benzene rings is 3. The van der Waals surface area contributed by atoms with Crippen LogP contribution in [0.15, 0.2) is 83.0 Å². The molecule has 4 aromatic rings. The number of allylic oxidation sites excluding steroid dienone is 1. The highest BCUT2D eigenvalue weighted by Crippen LogP contribution is 2.42. The van der Waals surface area contributed by atoms with Gasteiger partial charge in [0.25, 0.3) is 5.89 Å². The van der Waals surface area contributed by atoms with E-state index in [1.165, 1.54) is 17.0 Å². The number of amides is 2. The van der Waals surface area contributed by atoms with Gasteiger partial charge in [-0.25, -0.2) is 9.18 Å². The lowest BCUT2D eigenvalue weighted by Crippen LogP contribution is -2.46. The van der Waals surface area contributed by atoms with E-state index < -0.39 is 11.9 Å². The van der Waals surface area contributed by atoms with Gasteiger partial charge in [-0.3, -0.25) is 4.90 Å². The van der Waals surface area contributed by atoms with Crippen LogP contribution in [0.2, 0.25) is 0 Å². The van der Waals surface area contributed by atoms with Crippen molar-refractivity contribution in [3.63, 3.8) is 0 Å². The largest absolute Gasteiger partial charge is 0.454 e. The molecule has 8 nitrogen and oxygen atoms in total. The Balaban J connectivity index is 1.50. The van der Waals surface area contributed by atoms with E-state index in [4.69, 9.17) is 14.0 Å². The highest BCUT2D eigenvalue weighted by atomic mass is 19.1. The number of anilines is 1. The Bertz CT molecular complexity index is 1470.